The highest BCUT2D eigenvalue weighted by molar-refractivity contribution is 5.56. The van der Waals surface area contributed by atoms with Gasteiger partial charge in [-0.05, 0) is 25.8 Å². The molecule has 1 aromatic rings. The van der Waals surface area contributed by atoms with Crippen LogP contribution in [0.15, 0.2) is 0 Å². The van der Waals surface area contributed by atoms with Gasteiger partial charge in [-0.25, -0.2) is 0 Å². The molecule has 4 heteroatoms. The molecule has 0 N–H and O–H groups in total. The molecule has 80 valence electrons. The van der Waals surface area contributed by atoms with Crippen LogP contribution < -0.4 is 4.90 Å². The summed E-state index contributed by atoms with van der Waals surface area (Å²) in [4.78, 5) is 1.97. The maximum atomic E-state index is 9.10. The lowest BCUT2D eigenvalue weighted by Gasteiger charge is -2.18. The molecule has 1 aromatic heterocycles. The second kappa shape index (κ2) is 4.74. The lowest BCUT2D eigenvalue weighted by atomic mass is 10.1. The summed E-state index contributed by atoms with van der Waals surface area (Å²) in [7, 11) is 1.93. The predicted molar refractivity (Wildman–Crippen MR) is 59.8 cm³/mol. The Morgan fingerprint density at radius 1 is 1.33 bits per heavy atom. The summed E-state index contributed by atoms with van der Waals surface area (Å²) in [5.41, 5.74) is 2.38. The molecule has 0 aliphatic heterocycles. The van der Waals surface area contributed by atoms with Gasteiger partial charge in [0.2, 0.25) is 0 Å². The predicted octanol–water partition coefficient (Wildman–Crippen LogP) is 1.81. The highest BCUT2D eigenvalue weighted by Crippen LogP contribution is 2.19. The van der Waals surface area contributed by atoms with Crippen molar-refractivity contribution in [1.29, 1.82) is 5.26 Å². The summed E-state index contributed by atoms with van der Waals surface area (Å²) in [5, 5.41) is 17.2. The summed E-state index contributed by atoms with van der Waals surface area (Å²) in [6.45, 7) is 6.75. The molecule has 0 unspecified atom stereocenters. The average Bonchev–Trinajstić information content (AvgIpc) is 2.22. The van der Waals surface area contributed by atoms with E-state index in [1.807, 2.05) is 25.8 Å². The Bertz CT molecular complexity index is 392. The topological polar surface area (TPSA) is 52.8 Å². The molecule has 0 saturated carbocycles. The highest BCUT2D eigenvalue weighted by Gasteiger charge is 2.13. The molecule has 0 spiro atoms. The van der Waals surface area contributed by atoms with E-state index in [2.05, 4.69) is 23.2 Å². The Balaban J connectivity index is 3.20. The van der Waals surface area contributed by atoms with Gasteiger partial charge in [-0.1, -0.05) is 6.92 Å². The monoisotopic (exact) mass is 204 g/mol. The second-order valence-electron chi connectivity index (χ2n) is 3.64. The van der Waals surface area contributed by atoms with Crippen molar-refractivity contribution in [2.24, 2.45) is 0 Å². The van der Waals surface area contributed by atoms with Gasteiger partial charge in [-0.2, -0.15) is 10.4 Å². The van der Waals surface area contributed by atoms with Crippen LogP contribution in [0.3, 0.4) is 0 Å². The van der Waals surface area contributed by atoms with Crippen molar-refractivity contribution in [3.63, 3.8) is 0 Å². The van der Waals surface area contributed by atoms with Crippen LogP contribution in [0.4, 0.5) is 5.82 Å². The summed E-state index contributed by atoms with van der Waals surface area (Å²) in [5.74, 6) is 0.683. The number of rotatable bonds is 3. The van der Waals surface area contributed by atoms with Crippen molar-refractivity contribution < 1.29 is 0 Å². The van der Waals surface area contributed by atoms with E-state index in [0.717, 1.165) is 24.2 Å². The van der Waals surface area contributed by atoms with Gasteiger partial charge in [0.15, 0.2) is 5.82 Å². The Labute approximate surface area is 90.5 Å². The van der Waals surface area contributed by atoms with Crippen molar-refractivity contribution in [1.82, 2.24) is 10.2 Å². The minimum Gasteiger partial charge on any atom is -0.357 e. The van der Waals surface area contributed by atoms with Gasteiger partial charge >= 0.3 is 0 Å². The third-order valence-corrected chi connectivity index (χ3v) is 2.47. The molecule has 15 heavy (non-hydrogen) atoms. The van der Waals surface area contributed by atoms with E-state index in [1.54, 1.807) is 0 Å². The molecular weight excluding hydrogens is 188 g/mol. The largest absolute Gasteiger partial charge is 0.357 e. The van der Waals surface area contributed by atoms with E-state index in [1.165, 1.54) is 0 Å². The summed E-state index contributed by atoms with van der Waals surface area (Å²) in [6, 6.07) is 2.20. The molecule has 0 aliphatic carbocycles. The Morgan fingerprint density at radius 2 is 2.00 bits per heavy atom. The molecule has 0 amide bonds. The van der Waals surface area contributed by atoms with E-state index < -0.39 is 0 Å². The Morgan fingerprint density at radius 3 is 2.53 bits per heavy atom. The lowest BCUT2D eigenvalue weighted by molar-refractivity contribution is 0.811. The second-order valence-corrected chi connectivity index (χ2v) is 3.64. The minimum atomic E-state index is 0.637. The minimum absolute atomic E-state index is 0.637. The van der Waals surface area contributed by atoms with Gasteiger partial charge < -0.3 is 4.90 Å². The molecule has 1 heterocycles. The summed E-state index contributed by atoms with van der Waals surface area (Å²) in [6.07, 6.45) is 1.02. The third-order valence-electron chi connectivity index (χ3n) is 2.47. The molecule has 1 rings (SSSR count). The normalized spacial score (nSPS) is 9.80. The fourth-order valence-electron chi connectivity index (χ4n) is 1.44. The van der Waals surface area contributed by atoms with Crippen LogP contribution in [-0.2, 0) is 0 Å². The van der Waals surface area contributed by atoms with Crippen LogP contribution >= 0.6 is 0 Å². The van der Waals surface area contributed by atoms with Gasteiger partial charge in [0.05, 0.1) is 5.69 Å². The van der Waals surface area contributed by atoms with Crippen LogP contribution in [0.25, 0.3) is 0 Å². The number of nitrogens with zero attached hydrogens (tertiary/aromatic N) is 4. The molecule has 0 aliphatic rings. The lowest BCUT2D eigenvalue weighted by Crippen LogP contribution is -2.21. The maximum absolute atomic E-state index is 9.10. The zero-order chi connectivity index (χ0) is 11.4. The SMILES string of the molecule is CCCN(C)c1nnc(C)c(C)c1C#N. The number of aryl methyl sites for hydroxylation is 1. The number of hydrogen-bond acceptors (Lipinski definition) is 4. The van der Waals surface area contributed by atoms with Gasteiger partial charge in [-0.15, -0.1) is 5.10 Å². The molecule has 0 atom stereocenters. The van der Waals surface area contributed by atoms with Gasteiger partial charge in [0, 0.05) is 13.6 Å². The number of hydrogen-bond donors (Lipinski definition) is 0. The molecule has 0 aromatic carbocycles. The van der Waals surface area contributed by atoms with Crippen LogP contribution in [0.1, 0.15) is 30.2 Å². The number of anilines is 1. The van der Waals surface area contributed by atoms with Crippen LogP contribution in [0.2, 0.25) is 0 Å². The first-order chi connectivity index (χ1) is 7.11. The van der Waals surface area contributed by atoms with Crippen molar-refractivity contribution in [3.8, 4) is 6.07 Å². The van der Waals surface area contributed by atoms with E-state index in [-0.39, 0.29) is 0 Å². The third kappa shape index (κ3) is 2.24. The van der Waals surface area contributed by atoms with E-state index in [9.17, 15) is 0 Å². The van der Waals surface area contributed by atoms with Gasteiger partial charge in [0.1, 0.15) is 11.6 Å². The molecular formula is C11H16N4. The fraction of sp³-hybridized carbons (Fsp3) is 0.545. The average molecular weight is 204 g/mol. The fourth-order valence-corrected chi connectivity index (χ4v) is 1.44. The smallest absolute Gasteiger partial charge is 0.169 e. The highest BCUT2D eigenvalue weighted by atomic mass is 15.2. The van der Waals surface area contributed by atoms with Crippen LogP contribution in [0.5, 0.6) is 0 Å². The van der Waals surface area contributed by atoms with Crippen molar-refractivity contribution in [3.05, 3.63) is 16.8 Å². The summed E-state index contributed by atoms with van der Waals surface area (Å²) < 4.78 is 0. The van der Waals surface area contributed by atoms with Crippen LogP contribution in [0, 0.1) is 25.2 Å². The zero-order valence-corrected chi connectivity index (χ0v) is 9.70. The molecule has 0 saturated heterocycles. The van der Waals surface area contributed by atoms with Crippen molar-refractivity contribution >= 4 is 5.82 Å². The number of nitriles is 1. The van der Waals surface area contributed by atoms with Gasteiger partial charge in [-0.3, -0.25) is 0 Å². The quantitative estimate of drug-likeness (QED) is 0.753. The van der Waals surface area contributed by atoms with Crippen molar-refractivity contribution in [2.75, 3.05) is 18.5 Å². The molecule has 0 radical (unpaired) electrons. The molecule has 0 bridgehead atoms. The van der Waals surface area contributed by atoms with Crippen LogP contribution in [-0.4, -0.2) is 23.8 Å². The zero-order valence-electron chi connectivity index (χ0n) is 9.70. The van der Waals surface area contributed by atoms with E-state index >= 15 is 0 Å². The van der Waals surface area contributed by atoms with Gasteiger partial charge in [0.25, 0.3) is 0 Å². The standard InChI is InChI=1S/C11H16N4/c1-5-6-15(4)11-10(7-12)8(2)9(3)13-14-11/h5-6H2,1-4H3. The van der Waals surface area contributed by atoms with E-state index in [4.69, 9.17) is 5.26 Å². The first kappa shape index (κ1) is 11.4. The van der Waals surface area contributed by atoms with E-state index in [0.29, 0.717) is 11.4 Å². The molecule has 0 fully saturated rings. The Hall–Kier alpha value is -1.63. The first-order valence-corrected chi connectivity index (χ1v) is 5.06. The Kier molecular flexibility index (Phi) is 3.62. The number of aromatic nitrogens is 2. The molecule has 4 nitrogen and oxygen atoms in total. The first-order valence-electron chi connectivity index (χ1n) is 5.06. The summed E-state index contributed by atoms with van der Waals surface area (Å²) >= 11 is 0. The van der Waals surface area contributed by atoms with Crippen molar-refractivity contribution in [2.45, 2.75) is 27.2 Å². The maximum Gasteiger partial charge on any atom is 0.169 e.